The van der Waals surface area contributed by atoms with Gasteiger partial charge < -0.3 is 15.2 Å². The molecule has 0 aliphatic carbocycles. The minimum atomic E-state index is -0.428. The van der Waals surface area contributed by atoms with Gasteiger partial charge in [0.15, 0.2) is 5.75 Å². The van der Waals surface area contributed by atoms with Gasteiger partial charge in [0.2, 0.25) is 0 Å². The first-order valence-electron chi connectivity index (χ1n) is 4.70. The van der Waals surface area contributed by atoms with Crippen molar-refractivity contribution < 1.29 is 10.2 Å². The number of hydrogen-bond donors (Lipinski definition) is 4. The fourth-order valence-electron chi connectivity index (χ4n) is 1.37. The number of phenolic OH excluding ortho intramolecular Hbond substituents is 2. The van der Waals surface area contributed by atoms with Crippen LogP contribution in [0.2, 0.25) is 15.1 Å². The number of aromatic hydroxyl groups is 2. The number of aromatic amines is 1. The van der Waals surface area contributed by atoms with Crippen molar-refractivity contribution >= 4 is 58.4 Å². The lowest BCUT2D eigenvalue weighted by Gasteiger charge is -2.11. The molecular formula is C10H5Cl3N2O2S2. The maximum absolute atomic E-state index is 9.99. The van der Waals surface area contributed by atoms with Gasteiger partial charge in [-0.2, -0.15) is 0 Å². The van der Waals surface area contributed by atoms with Crippen molar-refractivity contribution in [3.63, 3.8) is 0 Å². The van der Waals surface area contributed by atoms with Gasteiger partial charge in [0.25, 0.3) is 0 Å². The summed E-state index contributed by atoms with van der Waals surface area (Å²) in [5.41, 5.74) is 0.0957. The first kappa shape index (κ1) is 14.6. The van der Waals surface area contributed by atoms with Gasteiger partial charge in [-0.15, -0.1) is 11.3 Å². The largest absolute Gasteiger partial charge is 0.506 e. The van der Waals surface area contributed by atoms with E-state index in [-0.39, 0.29) is 35.7 Å². The zero-order valence-electron chi connectivity index (χ0n) is 8.92. The highest BCUT2D eigenvalue weighted by Gasteiger charge is 2.22. The molecule has 19 heavy (non-hydrogen) atoms. The maximum atomic E-state index is 9.99. The second-order valence-corrected chi connectivity index (χ2v) is 6.02. The third-order valence-electron chi connectivity index (χ3n) is 2.27. The Morgan fingerprint density at radius 3 is 2.26 bits per heavy atom. The third kappa shape index (κ3) is 2.46. The zero-order valence-corrected chi connectivity index (χ0v) is 12.8. The van der Waals surface area contributed by atoms with Gasteiger partial charge in [-0.1, -0.05) is 47.0 Å². The van der Waals surface area contributed by atoms with Gasteiger partial charge >= 0.3 is 0 Å². The maximum Gasteiger partial charge on any atom is 0.155 e. The standard InChI is InChI=1S/C10H5Cl3N2O2S2/c11-4-3(2-1-15-10(18)9(14)19-2)7(16)5(12)6(13)8(4)17/h1,14,16-17H,(H,15,18). The molecule has 4 N–H and O–H groups in total. The highest BCUT2D eigenvalue weighted by molar-refractivity contribution is 7.71. The summed E-state index contributed by atoms with van der Waals surface area (Å²) < 4.78 is 0.349. The molecule has 2 rings (SSSR count). The number of halogens is 3. The molecule has 100 valence electrons. The van der Waals surface area contributed by atoms with Crippen LogP contribution in [-0.4, -0.2) is 15.2 Å². The highest BCUT2D eigenvalue weighted by Crippen LogP contribution is 2.50. The number of phenols is 2. The number of rotatable bonds is 1. The van der Waals surface area contributed by atoms with E-state index in [9.17, 15) is 10.2 Å². The van der Waals surface area contributed by atoms with Gasteiger partial charge in [-0.05, 0) is 0 Å². The Morgan fingerprint density at radius 1 is 1.11 bits per heavy atom. The average molecular weight is 356 g/mol. The predicted octanol–water partition coefficient (Wildman–Crippen LogP) is 4.32. The summed E-state index contributed by atoms with van der Waals surface area (Å²) in [6.45, 7) is 0. The fourth-order valence-corrected chi connectivity index (χ4v) is 3.10. The quantitative estimate of drug-likeness (QED) is 0.349. The topological polar surface area (TPSA) is 80.1 Å². The average Bonchev–Trinajstić information content (AvgIpc) is 2.38. The van der Waals surface area contributed by atoms with Crippen LogP contribution in [0.25, 0.3) is 10.4 Å². The molecule has 0 spiro atoms. The minimum Gasteiger partial charge on any atom is -0.506 e. The van der Waals surface area contributed by atoms with Crippen LogP contribution in [0.3, 0.4) is 0 Å². The van der Waals surface area contributed by atoms with Crippen LogP contribution < -0.4 is 4.67 Å². The molecule has 0 radical (unpaired) electrons. The minimum absolute atomic E-state index is 0.0912. The summed E-state index contributed by atoms with van der Waals surface area (Å²) >= 11 is 23.3. The Kier molecular flexibility index (Phi) is 4.08. The number of hydrogen-bond acceptors (Lipinski definition) is 5. The van der Waals surface area contributed by atoms with Crippen LogP contribution in [0.4, 0.5) is 0 Å². The molecule has 1 aromatic heterocycles. The van der Waals surface area contributed by atoms with E-state index in [1.54, 1.807) is 0 Å². The fraction of sp³-hybridized carbons (Fsp3) is 0. The van der Waals surface area contributed by atoms with Gasteiger partial charge in [0.1, 0.15) is 25.1 Å². The third-order valence-corrected chi connectivity index (χ3v) is 4.87. The van der Waals surface area contributed by atoms with Gasteiger partial charge in [0, 0.05) is 6.20 Å². The Bertz CT molecular complexity index is 756. The van der Waals surface area contributed by atoms with E-state index in [0.29, 0.717) is 4.88 Å². The van der Waals surface area contributed by atoms with Crippen molar-refractivity contribution in [3.05, 3.63) is 30.6 Å². The van der Waals surface area contributed by atoms with E-state index >= 15 is 0 Å². The van der Waals surface area contributed by atoms with Crippen molar-refractivity contribution in [2.24, 2.45) is 0 Å². The summed E-state index contributed by atoms with van der Waals surface area (Å²) in [5.74, 6) is -0.794. The van der Waals surface area contributed by atoms with Crippen LogP contribution in [0.15, 0.2) is 6.20 Å². The van der Waals surface area contributed by atoms with Crippen molar-refractivity contribution in [1.82, 2.24) is 4.98 Å². The van der Waals surface area contributed by atoms with Gasteiger partial charge in [-0.3, -0.25) is 5.41 Å². The molecule has 1 heterocycles. The lowest BCUT2D eigenvalue weighted by Crippen LogP contribution is -1.98. The predicted molar refractivity (Wildman–Crippen MR) is 79.2 cm³/mol. The molecule has 0 bridgehead atoms. The van der Waals surface area contributed by atoms with E-state index in [4.69, 9.17) is 52.4 Å². The van der Waals surface area contributed by atoms with E-state index in [1.807, 2.05) is 0 Å². The van der Waals surface area contributed by atoms with Crippen LogP contribution in [0.5, 0.6) is 11.5 Å². The summed E-state index contributed by atoms with van der Waals surface area (Å²) in [4.78, 5) is 3.08. The summed E-state index contributed by atoms with van der Waals surface area (Å²) in [5, 5.41) is 26.8. The number of nitrogens with one attached hydrogen (secondary N) is 2. The van der Waals surface area contributed by atoms with Gasteiger partial charge in [-0.25, -0.2) is 0 Å². The molecule has 0 aliphatic heterocycles. The molecule has 0 unspecified atom stereocenters. The Hall–Kier alpha value is -0.790. The molecule has 0 atom stereocenters. The van der Waals surface area contributed by atoms with Gasteiger partial charge in [0.05, 0.1) is 15.5 Å². The second-order valence-electron chi connectivity index (χ2n) is 3.43. The van der Waals surface area contributed by atoms with E-state index in [0.717, 1.165) is 11.3 Å². The molecule has 0 saturated carbocycles. The first-order chi connectivity index (χ1) is 8.84. The summed E-state index contributed by atoms with van der Waals surface area (Å²) in [6, 6.07) is 0. The lowest BCUT2D eigenvalue weighted by atomic mass is 10.1. The molecule has 0 saturated heterocycles. The molecular weight excluding hydrogens is 351 g/mol. The van der Waals surface area contributed by atoms with E-state index < -0.39 is 5.75 Å². The molecule has 9 heteroatoms. The van der Waals surface area contributed by atoms with Crippen LogP contribution in [0.1, 0.15) is 0 Å². The van der Waals surface area contributed by atoms with E-state index in [2.05, 4.69) is 4.98 Å². The molecule has 0 aliphatic rings. The van der Waals surface area contributed by atoms with Crippen LogP contribution in [-0.2, 0) is 0 Å². The van der Waals surface area contributed by atoms with Crippen molar-refractivity contribution in [2.75, 3.05) is 0 Å². The van der Waals surface area contributed by atoms with Crippen molar-refractivity contribution in [3.8, 4) is 21.9 Å². The molecule has 0 amide bonds. The normalized spacial score (nSPS) is 10.7. The van der Waals surface area contributed by atoms with Crippen LogP contribution in [0, 0.1) is 10.0 Å². The second kappa shape index (κ2) is 5.30. The summed E-state index contributed by atoms with van der Waals surface area (Å²) in [6.07, 6.45) is 1.47. The highest BCUT2D eigenvalue weighted by atomic mass is 35.5. The molecule has 2 aromatic rings. The number of H-pyrrole nitrogens is 1. The molecule has 0 fully saturated rings. The molecule has 1 aromatic carbocycles. The van der Waals surface area contributed by atoms with Crippen molar-refractivity contribution in [2.45, 2.75) is 0 Å². The summed E-state index contributed by atoms with van der Waals surface area (Å²) in [7, 11) is 0. The number of benzene rings is 1. The SMILES string of the molecule is N=c1sc(-c2c(O)c(Cl)c(Cl)c(O)c2Cl)c[nH]c1=S. The van der Waals surface area contributed by atoms with Crippen molar-refractivity contribution in [1.29, 1.82) is 5.41 Å². The Balaban J connectivity index is 2.86. The van der Waals surface area contributed by atoms with Crippen LogP contribution >= 0.6 is 58.4 Å². The lowest BCUT2D eigenvalue weighted by molar-refractivity contribution is 0.462. The van der Waals surface area contributed by atoms with E-state index in [1.165, 1.54) is 6.20 Å². The molecule has 4 nitrogen and oxygen atoms in total. The number of aromatic nitrogens is 1. The Morgan fingerprint density at radius 2 is 1.68 bits per heavy atom. The zero-order chi connectivity index (χ0) is 14.3. The monoisotopic (exact) mass is 354 g/mol. The first-order valence-corrected chi connectivity index (χ1v) is 7.06. The Labute approximate surface area is 131 Å². The smallest absolute Gasteiger partial charge is 0.155 e.